The molecule has 3 aromatic rings. The van der Waals surface area contributed by atoms with E-state index in [1.807, 2.05) is 0 Å². The molecule has 3 rings (SSSR count). The highest BCUT2D eigenvalue weighted by molar-refractivity contribution is 7.12. The van der Waals surface area contributed by atoms with Gasteiger partial charge >= 0.3 is 5.97 Å². The Morgan fingerprint density at radius 1 is 1.27 bits per heavy atom. The second-order valence-electron chi connectivity index (χ2n) is 4.78. The Bertz CT molecular complexity index is 862. The molecular weight excluding hydrogens is 307 g/mol. The minimum absolute atomic E-state index is 0.0317. The van der Waals surface area contributed by atoms with Gasteiger partial charge in [0.25, 0.3) is 0 Å². The number of para-hydroxylation sites is 1. The molecule has 22 heavy (non-hydrogen) atoms. The molecule has 0 saturated heterocycles. The van der Waals surface area contributed by atoms with Crippen molar-refractivity contribution in [1.82, 2.24) is 0 Å². The normalized spacial score (nSPS) is 11.0. The summed E-state index contributed by atoms with van der Waals surface area (Å²) >= 11 is 1.24. The molecule has 2 heterocycles. The largest absolute Gasteiger partial charge is 0.481 e. The molecule has 1 N–H and O–H groups in total. The van der Waals surface area contributed by atoms with Crippen LogP contribution in [-0.4, -0.2) is 16.9 Å². The van der Waals surface area contributed by atoms with E-state index in [1.165, 1.54) is 23.7 Å². The third-order valence-electron chi connectivity index (χ3n) is 3.30. The number of halogens is 1. The number of thiophene rings is 1. The summed E-state index contributed by atoms with van der Waals surface area (Å²) < 4.78 is 18.9. The van der Waals surface area contributed by atoms with E-state index < -0.39 is 11.8 Å². The van der Waals surface area contributed by atoms with E-state index >= 15 is 0 Å². The number of Topliss-reactive ketones (excluding diaryl/α,β-unsaturated/α-hetero) is 1. The van der Waals surface area contributed by atoms with Crippen molar-refractivity contribution in [3.63, 3.8) is 0 Å². The minimum Gasteiger partial charge on any atom is -0.481 e. The molecule has 112 valence electrons. The number of ketones is 1. The molecular formula is C16H11FO4S. The Labute approximate surface area is 128 Å². The fourth-order valence-electron chi connectivity index (χ4n) is 2.21. The maximum absolute atomic E-state index is 13.6. The van der Waals surface area contributed by atoms with Gasteiger partial charge in [0.05, 0.1) is 17.6 Å². The first-order valence-electron chi connectivity index (χ1n) is 6.56. The van der Waals surface area contributed by atoms with Crippen molar-refractivity contribution in [2.45, 2.75) is 12.8 Å². The van der Waals surface area contributed by atoms with E-state index in [-0.39, 0.29) is 24.2 Å². The first-order valence-corrected chi connectivity index (χ1v) is 7.44. The van der Waals surface area contributed by atoms with Crippen LogP contribution in [0.4, 0.5) is 4.39 Å². The number of furan rings is 1. The van der Waals surface area contributed by atoms with Crippen LogP contribution >= 0.6 is 11.3 Å². The summed E-state index contributed by atoms with van der Waals surface area (Å²) in [7, 11) is 0. The van der Waals surface area contributed by atoms with Crippen molar-refractivity contribution in [3.05, 3.63) is 46.6 Å². The van der Waals surface area contributed by atoms with Crippen LogP contribution in [0.1, 0.15) is 22.5 Å². The summed E-state index contributed by atoms with van der Waals surface area (Å²) in [6, 6.07) is 6.36. The number of rotatable bonds is 5. The second-order valence-corrected chi connectivity index (χ2v) is 5.69. The summed E-state index contributed by atoms with van der Waals surface area (Å²) in [6.45, 7) is 0. The van der Waals surface area contributed by atoms with Crippen molar-refractivity contribution in [2.75, 3.05) is 0 Å². The van der Waals surface area contributed by atoms with Gasteiger partial charge in [-0.25, -0.2) is 4.39 Å². The number of carbonyl (C=O) groups excluding carboxylic acids is 1. The molecule has 0 atom stereocenters. The number of benzene rings is 1. The Kier molecular flexibility index (Phi) is 3.77. The number of hydrogen-bond acceptors (Lipinski definition) is 4. The average Bonchev–Trinajstić information content (AvgIpc) is 3.11. The summed E-state index contributed by atoms with van der Waals surface area (Å²) in [5.41, 5.74) is 1.65. The zero-order valence-electron chi connectivity index (χ0n) is 11.3. The van der Waals surface area contributed by atoms with E-state index in [9.17, 15) is 14.0 Å². The average molecular weight is 318 g/mol. The van der Waals surface area contributed by atoms with Gasteiger partial charge in [0.2, 0.25) is 0 Å². The molecule has 0 fully saturated rings. The lowest BCUT2D eigenvalue weighted by atomic mass is 10.1. The first-order chi connectivity index (χ1) is 10.6. The summed E-state index contributed by atoms with van der Waals surface area (Å²) in [6.07, 6.45) is 1.24. The molecule has 0 radical (unpaired) electrons. The molecule has 6 heteroatoms. The van der Waals surface area contributed by atoms with Crippen molar-refractivity contribution < 1.29 is 23.5 Å². The predicted octanol–water partition coefficient (Wildman–Crippen LogP) is 4.35. The molecule has 0 bridgehead atoms. The van der Waals surface area contributed by atoms with Crippen LogP contribution in [0.2, 0.25) is 0 Å². The lowest BCUT2D eigenvalue weighted by molar-refractivity contribution is -0.136. The molecule has 0 aliphatic heterocycles. The Morgan fingerprint density at radius 2 is 2.09 bits per heavy atom. The summed E-state index contributed by atoms with van der Waals surface area (Å²) in [5.74, 6) is -1.64. The van der Waals surface area contributed by atoms with Gasteiger partial charge in [-0.15, -0.1) is 11.3 Å². The highest BCUT2D eigenvalue weighted by Crippen LogP contribution is 2.34. The number of carboxylic acids is 1. The zero-order valence-corrected chi connectivity index (χ0v) is 12.2. The summed E-state index contributed by atoms with van der Waals surface area (Å²) in [4.78, 5) is 22.9. The van der Waals surface area contributed by atoms with Crippen LogP contribution in [0.25, 0.3) is 22.1 Å². The zero-order chi connectivity index (χ0) is 15.7. The lowest BCUT2D eigenvalue weighted by Gasteiger charge is -1.95. The van der Waals surface area contributed by atoms with Crippen LogP contribution in [0, 0.1) is 5.82 Å². The van der Waals surface area contributed by atoms with Gasteiger partial charge in [0.1, 0.15) is 0 Å². The van der Waals surface area contributed by atoms with Crippen LogP contribution in [0.15, 0.2) is 40.3 Å². The van der Waals surface area contributed by atoms with E-state index in [0.717, 1.165) is 5.56 Å². The standard InChI is InChI=1S/C16H11FO4S/c17-12-3-1-2-10-11(7-21-16(10)12)9-6-14(22-8-9)13(18)4-5-15(19)20/h1-3,6-8H,4-5H2,(H,19,20). The maximum atomic E-state index is 13.6. The molecule has 4 nitrogen and oxygen atoms in total. The van der Waals surface area contributed by atoms with Crippen LogP contribution in [-0.2, 0) is 4.79 Å². The van der Waals surface area contributed by atoms with Gasteiger partial charge in [-0.05, 0) is 23.1 Å². The van der Waals surface area contributed by atoms with Crippen LogP contribution < -0.4 is 0 Å². The fraction of sp³-hybridized carbons (Fsp3) is 0.125. The third-order valence-corrected chi connectivity index (χ3v) is 4.27. The first kappa shape index (κ1) is 14.5. The van der Waals surface area contributed by atoms with Gasteiger partial charge in [0.15, 0.2) is 17.2 Å². The van der Waals surface area contributed by atoms with E-state index in [4.69, 9.17) is 9.52 Å². The van der Waals surface area contributed by atoms with Gasteiger partial charge in [0, 0.05) is 17.4 Å². The van der Waals surface area contributed by atoms with E-state index in [2.05, 4.69) is 0 Å². The van der Waals surface area contributed by atoms with E-state index in [1.54, 1.807) is 23.6 Å². The lowest BCUT2D eigenvalue weighted by Crippen LogP contribution is -2.01. The SMILES string of the molecule is O=C(O)CCC(=O)c1cc(-c2coc3c(F)cccc23)cs1. The van der Waals surface area contributed by atoms with Crippen LogP contribution in [0.5, 0.6) is 0 Å². The Balaban J connectivity index is 1.91. The maximum Gasteiger partial charge on any atom is 0.303 e. The number of fused-ring (bicyclic) bond motifs is 1. The van der Waals surface area contributed by atoms with Crippen LogP contribution in [0.3, 0.4) is 0 Å². The van der Waals surface area contributed by atoms with Crippen molar-refractivity contribution in [2.24, 2.45) is 0 Å². The number of carboxylic acid groups (broad SMARTS) is 1. The second kappa shape index (κ2) is 5.73. The van der Waals surface area contributed by atoms with Gasteiger partial charge < -0.3 is 9.52 Å². The van der Waals surface area contributed by atoms with Crippen molar-refractivity contribution in [3.8, 4) is 11.1 Å². The Hall–Kier alpha value is -2.47. The highest BCUT2D eigenvalue weighted by Gasteiger charge is 2.15. The molecule has 0 unspecified atom stereocenters. The number of carbonyl (C=O) groups is 2. The molecule has 0 aliphatic carbocycles. The Morgan fingerprint density at radius 3 is 2.86 bits per heavy atom. The molecule has 0 amide bonds. The number of hydrogen-bond donors (Lipinski definition) is 1. The smallest absolute Gasteiger partial charge is 0.303 e. The third kappa shape index (κ3) is 2.65. The van der Waals surface area contributed by atoms with Gasteiger partial charge in [-0.2, -0.15) is 0 Å². The molecule has 0 aliphatic rings. The monoisotopic (exact) mass is 318 g/mol. The fourth-order valence-corrected chi connectivity index (χ4v) is 3.09. The molecule has 0 spiro atoms. The minimum atomic E-state index is -0.999. The highest BCUT2D eigenvalue weighted by atomic mass is 32.1. The molecule has 1 aromatic carbocycles. The van der Waals surface area contributed by atoms with E-state index in [0.29, 0.717) is 15.8 Å². The molecule has 0 saturated carbocycles. The molecule has 2 aromatic heterocycles. The van der Waals surface area contributed by atoms with Gasteiger partial charge in [-0.3, -0.25) is 9.59 Å². The predicted molar refractivity (Wildman–Crippen MR) is 80.7 cm³/mol. The quantitative estimate of drug-likeness (QED) is 0.710. The van der Waals surface area contributed by atoms with Crippen molar-refractivity contribution >= 4 is 34.1 Å². The van der Waals surface area contributed by atoms with Gasteiger partial charge in [-0.1, -0.05) is 12.1 Å². The summed E-state index contributed by atoms with van der Waals surface area (Å²) in [5, 5.41) is 11.0. The topological polar surface area (TPSA) is 67.5 Å². The van der Waals surface area contributed by atoms with Crippen molar-refractivity contribution in [1.29, 1.82) is 0 Å². The number of aliphatic carboxylic acids is 1.